The average Bonchev–Trinajstić information content (AvgIpc) is 1.65. The number of nitrogens with two attached hydrogens (primary N) is 1. The Labute approximate surface area is 53.4 Å². The first-order valence-electron chi connectivity index (χ1n) is 1.98. The van der Waals surface area contributed by atoms with E-state index in [9.17, 15) is 0 Å². The van der Waals surface area contributed by atoms with Crippen molar-refractivity contribution in [3.05, 3.63) is 24.4 Å². The first-order valence-corrected chi connectivity index (χ1v) is 2.35. The summed E-state index contributed by atoms with van der Waals surface area (Å²) in [5.74, 6) is 0.282. The number of aliphatic imine (C=N–C) groups is 1. The number of halogens is 1. The summed E-state index contributed by atoms with van der Waals surface area (Å²) in [6, 6.07) is 0. The van der Waals surface area contributed by atoms with Crippen molar-refractivity contribution in [2.45, 2.75) is 0 Å². The van der Waals surface area contributed by atoms with Crippen molar-refractivity contribution in [3.8, 4) is 0 Å². The summed E-state index contributed by atoms with van der Waals surface area (Å²) in [6.07, 6.45) is 1.40. The minimum absolute atomic E-state index is 0.169. The Morgan fingerprint density at radius 3 is 2.38 bits per heavy atom. The molecule has 8 heavy (non-hydrogen) atoms. The van der Waals surface area contributed by atoms with E-state index in [0.717, 1.165) is 0 Å². The molecule has 2 N–H and O–H groups in total. The molecular weight excluding hydrogens is 124 g/mol. The lowest BCUT2D eigenvalue weighted by molar-refractivity contribution is 1.49. The Hall–Kier alpha value is -0.760. The van der Waals surface area contributed by atoms with Gasteiger partial charge in [-0.25, -0.2) is 4.99 Å². The average molecular weight is 131 g/mol. The lowest BCUT2D eigenvalue weighted by atomic mass is 10.6. The highest BCUT2D eigenvalue weighted by atomic mass is 35.5. The van der Waals surface area contributed by atoms with Gasteiger partial charge in [0, 0.05) is 0 Å². The molecule has 0 spiro atoms. The van der Waals surface area contributed by atoms with Crippen LogP contribution in [0, 0.1) is 0 Å². The predicted molar refractivity (Wildman–Crippen MR) is 36.8 cm³/mol. The summed E-state index contributed by atoms with van der Waals surface area (Å²) in [5, 5.41) is 0.169. The molecule has 0 amide bonds. The Morgan fingerprint density at radius 1 is 1.75 bits per heavy atom. The molecule has 2 nitrogen and oxygen atoms in total. The fraction of sp³-hybridized carbons (Fsp3) is 0. The molecule has 3 heteroatoms. The summed E-state index contributed by atoms with van der Waals surface area (Å²) >= 11 is 5.24. The van der Waals surface area contributed by atoms with E-state index in [1.807, 2.05) is 0 Å². The molecule has 0 rings (SSSR count). The third-order valence-electron chi connectivity index (χ3n) is 0.460. The molecule has 0 atom stereocenters. The van der Waals surface area contributed by atoms with E-state index < -0.39 is 0 Å². The minimum atomic E-state index is 0.169. The van der Waals surface area contributed by atoms with Gasteiger partial charge in [-0.05, 0) is 6.08 Å². The van der Waals surface area contributed by atoms with Crippen LogP contribution in [-0.4, -0.2) is 5.84 Å². The van der Waals surface area contributed by atoms with E-state index in [1.54, 1.807) is 0 Å². The van der Waals surface area contributed by atoms with Crippen molar-refractivity contribution in [2.24, 2.45) is 10.7 Å². The van der Waals surface area contributed by atoms with Crippen LogP contribution in [0.4, 0.5) is 0 Å². The minimum Gasteiger partial charge on any atom is -0.384 e. The van der Waals surface area contributed by atoms with Gasteiger partial charge in [0.25, 0.3) is 0 Å². The van der Waals surface area contributed by atoms with Gasteiger partial charge in [-0.2, -0.15) is 0 Å². The molecule has 44 valence electrons. The number of hydrogen-bond acceptors (Lipinski definition) is 1. The lowest BCUT2D eigenvalue weighted by Crippen LogP contribution is -2.05. The number of rotatable bonds is 2. The first-order chi connectivity index (χ1) is 3.66. The molecule has 0 aliphatic carbocycles. The molecule has 0 heterocycles. The molecule has 0 fully saturated rings. The highest BCUT2D eigenvalue weighted by Crippen LogP contribution is 1.96. The fourth-order valence-electron chi connectivity index (χ4n) is 0.186. The van der Waals surface area contributed by atoms with Crippen molar-refractivity contribution in [1.82, 2.24) is 0 Å². The lowest BCUT2D eigenvalue weighted by Gasteiger charge is -1.86. The maximum absolute atomic E-state index is 5.24. The van der Waals surface area contributed by atoms with Crippen LogP contribution in [0.5, 0.6) is 0 Å². The van der Waals surface area contributed by atoms with Gasteiger partial charge in [-0.15, -0.1) is 0 Å². The molecule has 0 aliphatic rings. The van der Waals surface area contributed by atoms with Crippen molar-refractivity contribution >= 4 is 17.4 Å². The van der Waals surface area contributed by atoms with E-state index in [-0.39, 0.29) is 11.0 Å². The number of amidine groups is 1. The molecule has 0 radical (unpaired) electrons. The zero-order chi connectivity index (χ0) is 6.57. The van der Waals surface area contributed by atoms with E-state index in [4.69, 9.17) is 17.3 Å². The number of nitrogens with zero attached hydrogens (tertiary/aromatic N) is 1. The smallest absolute Gasteiger partial charge is 0.124 e. The van der Waals surface area contributed by atoms with Crippen LogP contribution in [0.15, 0.2) is 29.4 Å². The summed E-state index contributed by atoms with van der Waals surface area (Å²) < 4.78 is 0. The summed E-state index contributed by atoms with van der Waals surface area (Å²) in [4.78, 5) is 3.54. The predicted octanol–water partition coefficient (Wildman–Crippen LogP) is 1.24. The maximum Gasteiger partial charge on any atom is 0.124 e. The van der Waals surface area contributed by atoms with Crippen LogP contribution < -0.4 is 5.73 Å². The van der Waals surface area contributed by atoms with Gasteiger partial charge in [0.05, 0.1) is 0 Å². The second-order valence-electron chi connectivity index (χ2n) is 1.12. The maximum atomic E-state index is 5.24. The Balaban J connectivity index is 3.94. The monoisotopic (exact) mass is 130 g/mol. The van der Waals surface area contributed by atoms with Crippen molar-refractivity contribution < 1.29 is 0 Å². The van der Waals surface area contributed by atoms with E-state index >= 15 is 0 Å². The third kappa shape index (κ3) is 3.43. The molecule has 0 aromatic carbocycles. The van der Waals surface area contributed by atoms with Gasteiger partial charge in [0.1, 0.15) is 11.0 Å². The Morgan fingerprint density at radius 2 is 2.25 bits per heavy atom. The molecule has 0 aromatic heterocycles. The standard InChI is InChI=1S/C5H7ClN2/c1-3-5(7)8-4(2)6/h3H,1-2H2,(H2,7,8). The first kappa shape index (κ1) is 7.24. The van der Waals surface area contributed by atoms with Gasteiger partial charge in [-0.3, -0.25) is 0 Å². The second-order valence-corrected chi connectivity index (χ2v) is 1.55. The van der Waals surface area contributed by atoms with E-state index in [0.29, 0.717) is 0 Å². The molecule has 0 aliphatic heterocycles. The van der Waals surface area contributed by atoms with Crippen LogP contribution >= 0.6 is 11.6 Å². The summed E-state index contributed by atoms with van der Waals surface area (Å²) in [7, 11) is 0. The zero-order valence-electron chi connectivity index (χ0n) is 4.39. The van der Waals surface area contributed by atoms with Gasteiger partial charge in [-0.1, -0.05) is 24.8 Å². The highest BCUT2D eigenvalue weighted by molar-refractivity contribution is 6.29. The van der Waals surface area contributed by atoms with E-state index in [2.05, 4.69) is 18.2 Å². The Kier molecular flexibility index (Phi) is 2.96. The molecule has 0 unspecified atom stereocenters. The molecular formula is C5H7ClN2. The normalized spacial score (nSPS) is 10.9. The van der Waals surface area contributed by atoms with Crippen LogP contribution in [0.3, 0.4) is 0 Å². The van der Waals surface area contributed by atoms with Crippen LogP contribution in [-0.2, 0) is 0 Å². The Bertz CT molecular complexity index is 137. The van der Waals surface area contributed by atoms with Gasteiger partial charge in [0.15, 0.2) is 0 Å². The topological polar surface area (TPSA) is 38.4 Å². The van der Waals surface area contributed by atoms with Crippen molar-refractivity contribution in [1.29, 1.82) is 0 Å². The fourth-order valence-corrected chi connectivity index (χ4v) is 0.283. The molecule has 0 bridgehead atoms. The highest BCUT2D eigenvalue weighted by Gasteiger charge is 1.80. The molecule has 0 saturated carbocycles. The largest absolute Gasteiger partial charge is 0.384 e. The summed E-state index contributed by atoms with van der Waals surface area (Å²) in [5.41, 5.74) is 5.16. The third-order valence-corrected chi connectivity index (χ3v) is 0.544. The van der Waals surface area contributed by atoms with Crippen molar-refractivity contribution in [2.75, 3.05) is 0 Å². The van der Waals surface area contributed by atoms with Gasteiger partial charge < -0.3 is 5.73 Å². The van der Waals surface area contributed by atoms with Crippen LogP contribution in [0.1, 0.15) is 0 Å². The van der Waals surface area contributed by atoms with Gasteiger partial charge >= 0.3 is 0 Å². The number of hydrogen-bond donors (Lipinski definition) is 1. The van der Waals surface area contributed by atoms with Gasteiger partial charge in [0.2, 0.25) is 0 Å². The van der Waals surface area contributed by atoms with Crippen molar-refractivity contribution in [3.63, 3.8) is 0 Å². The molecule has 0 saturated heterocycles. The second kappa shape index (κ2) is 3.27. The molecule has 0 aromatic rings. The SMILES string of the molecule is C=C/C(N)=N\C(=C)Cl. The van der Waals surface area contributed by atoms with E-state index in [1.165, 1.54) is 6.08 Å². The summed E-state index contributed by atoms with van der Waals surface area (Å²) in [6.45, 7) is 6.65. The van der Waals surface area contributed by atoms with Crippen LogP contribution in [0.25, 0.3) is 0 Å². The quantitative estimate of drug-likeness (QED) is 0.341. The zero-order valence-corrected chi connectivity index (χ0v) is 5.15. The van der Waals surface area contributed by atoms with Crippen LogP contribution in [0.2, 0.25) is 0 Å².